The molecule has 1 N–H and O–H groups in total. The van der Waals surface area contributed by atoms with Crippen LogP contribution < -0.4 is 5.32 Å². The maximum absolute atomic E-state index is 11.9. The molecule has 5 heteroatoms. The predicted molar refractivity (Wildman–Crippen MR) is 70.5 cm³/mol. The molecular formula is C13H25N3O2. The van der Waals surface area contributed by atoms with Gasteiger partial charge in [0.1, 0.15) is 0 Å². The zero-order valence-electron chi connectivity index (χ0n) is 11.4. The van der Waals surface area contributed by atoms with Crippen molar-refractivity contribution in [2.24, 2.45) is 0 Å². The first-order valence-electron chi connectivity index (χ1n) is 7.02. The number of nitrogens with zero attached hydrogens (tertiary/aromatic N) is 2. The molecule has 1 saturated carbocycles. The molecule has 0 atom stereocenters. The molecule has 1 aliphatic heterocycles. The lowest BCUT2D eigenvalue weighted by molar-refractivity contribution is -0.132. The first kappa shape index (κ1) is 13.8. The molecule has 1 amide bonds. The van der Waals surface area contributed by atoms with Gasteiger partial charge in [0.15, 0.2) is 0 Å². The standard InChI is InChI=1S/C13H25N3O2/c1-18-10-5-14-11-13(17)16-8-6-15(7-9-16)12-3-2-4-12/h12,14H,2-11H2,1H3. The van der Waals surface area contributed by atoms with Gasteiger partial charge in [-0.3, -0.25) is 9.69 Å². The average molecular weight is 255 g/mol. The molecule has 1 heterocycles. The second-order valence-electron chi connectivity index (χ2n) is 5.17. The van der Waals surface area contributed by atoms with Gasteiger partial charge in [0.2, 0.25) is 5.91 Å². The van der Waals surface area contributed by atoms with E-state index in [4.69, 9.17) is 4.74 Å². The quantitative estimate of drug-likeness (QED) is 0.674. The summed E-state index contributed by atoms with van der Waals surface area (Å²) in [6.45, 7) is 5.71. The van der Waals surface area contributed by atoms with Crippen molar-refractivity contribution >= 4 is 5.91 Å². The second-order valence-corrected chi connectivity index (χ2v) is 5.17. The molecule has 5 nitrogen and oxygen atoms in total. The van der Waals surface area contributed by atoms with E-state index >= 15 is 0 Å². The van der Waals surface area contributed by atoms with E-state index < -0.39 is 0 Å². The van der Waals surface area contributed by atoms with E-state index in [9.17, 15) is 4.79 Å². The third-order valence-corrected chi connectivity index (χ3v) is 4.02. The smallest absolute Gasteiger partial charge is 0.236 e. The van der Waals surface area contributed by atoms with Gasteiger partial charge in [-0.1, -0.05) is 6.42 Å². The molecule has 1 saturated heterocycles. The number of hydrogen-bond donors (Lipinski definition) is 1. The molecule has 2 aliphatic rings. The van der Waals surface area contributed by atoms with Crippen molar-refractivity contribution in [2.45, 2.75) is 25.3 Å². The van der Waals surface area contributed by atoms with Gasteiger partial charge in [-0.2, -0.15) is 0 Å². The normalized spacial score (nSPS) is 21.9. The minimum atomic E-state index is 0.222. The number of ether oxygens (including phenoxy) is 1. The summed E-state index contributed by atoms with van der Waals surface area (Å²) in [6.07, 6.45) is 4.09. The second kappa shape index (κ2) is 7.07. The molecule has 0 aromatic heterocycles. The van der Waals surface area contributed by atoms with E-state index in [2.05, 4.69) is 10.2 Å². The highest BCUT2D eigenvalue weighted by atomic mass is 16.5. The van der Waals surface area contributed by atoms with Crippen LogP contribution in [0.25, 0.3) is 0 Å². The van der Waals surface area contributed by atoms with E-state index in [1.165, 1.54) is 19.3 Å². The molecule has 2 rings (SSSR count). The van der Waals surface area contributed by atoms with Crippen LogP contribution in [0.2, 0.25) is 0 Å². The molecule has 0 bridgehead atoms. The first-order valence-corrected chi connectivity index (χ1v) is 7.02. The first-order chi connectivity index (χ1) is 8.81. The van der Waals surface area contributed by atoms with Gasteiger partial charge < -0.3 is 15.0 Å². The zero-order chi connectivity index (χ0) is 12.8. The Balaban J connectivity index is 1.60. The SMILES string of the molecule is COCCNCC(=O)N1CCN(C2CCC2)CC1. The van der Waals surface area contributed by atoms with E-state index in [-0.39, 0.29) is 5.91 Å². The summed E-state index contributed by atoms with van der Waals surface area (Å²) in [4.78, 5) is 16.5. The maximum atomic E-state index is 11.9. The van der Waals surface area contributed by atoms with Crippen LogP contribution in [0.5, 0.6) is 0 Å². The number of piperazine rings is 1. The number of carbonyl (C=O) groups is 1. The Morgan fingerprint density at radius 3 is 2.56 bits per heavy atom. The fraction of sp³-hybridized carbons (Fsp3) is 0.923. The van der Waals surface area contributed by atoms with Gasteiger partial charge in [-0.25, -0.2) is 0 Å². The predicted octanol–water partition coefficient (Wildman–Crippen LogP) is -0.0809. The highest BCUT2D eigenvalue weighted by Crippen LogP contribution is 2.25. The van der Waals surface area contributed by atoms with Gasteiger partial charge in [0, 0.05) is 45.9 Å². The highest BCUT2D eigenvalue weighted by molar-refractivity contribution is 5.78. The number of carbonyl (C=O) groups excluding carboxylic acids is 1. The van der Waals surface area contributed by atoms with Crippen LogP contribution in [-0.4, -0.2) is 74.7 Å². The van der Waals surface area contributed by atoms with Crippen molar-refractivity contribution in [3.63, 3.8) is 0 Å². The van der Waals surface area contributed by atoms with Crippen LogP contribution >= 0.6 is 0 Å². The third-order valence-electron chi connectivity index (χ3n) is 4.02. The van der Waals surface area contributed by atoms with Crippen molar-refractivity contribution in [2.75, 3.05) is 53.0 Å². The number of rotatable bonds is 6. The van der Waals surface area contributed by atoms with E-state index in [0.29, 0.717) is 13.2 Å². The van der Waals surface area contributed by atoms with Crippen molar-refractivity contribution in [3.05, 3.63) is 0 Å². The molecule has 1 aliphatic carbocycles. The summed E-state index contributed by atoms with van der Waals surface area (Å²) in [5.74, 6) is 0.222. The molecule has 2 fully saturated rings. The van der Waals surface area contributed by atoms with Gasteiger partial charge in [-0.15, -0.1) is 0 Å². The fourth-order valence-corrected chi connectivity index (χ4v) is 2.57. The minimum absolute atomic E-state index is 0.222. The Kier molecular flexibility index (Phi) is 5.41. The van der Waals surface area contributed by atoms with Gasteiger partial charge >= 0.3 is 0 Å². The van der Waals surface area contributed by atoms with E-state index in [1.807, 2.05) is 4.90 Å². The minimum Gasteiger partial charge on any atom is -0.383 e. The molecule has 0 aromatic carbocycles. The van der Waals surface area contributed by atoms with Crippen LogP contribution in [0.15, 0.2) is 0 Å². The van der Waals surface area contributed by atoms with E-state index in [0.717, 1.165) is 38.8 Å². The fourth-order valence-electron chi connectivity index (χ4n) is 2.57. The topological polar surface area (TPSA) is 44.8 Å². The monoisotopic (exact) mass is 255 g/mol. The molecule has 0 unspecified atom stereocenters. The molecule has 18 heavy (non-hydrogen) atoms. The summed E-state index contributed by atoms with van der Waals surface area (Å²) in [7, 11) is 1.67. The van der Waals surface area contributed by atoms with Crippen molar-refractivity contribution in [1.82, 2.24) is 15.1 Å². The summed E-state index contributed by atoms with van der Waals surface area (Å²) < 4.78 is 4.93. The third kappa shape index (κ3) is 3.67. The largest absolute Gasteiger partial charge is 0.383 e. The molecule has 0 spiro atoms. The Bertz CT molecular complexity index is 261. The van der Waals surface area contributed by atoms with Gasteiger partial charge in [0.25, 0.3) is 0 Å². The number of hydrogen-bond acceptors (Lipinski definition) is 4. The number of methoxy groups -OCH3 is 1. The summed E-state index contributed by atoms with van der Waals surface area (Å²) >= 11 is 0. The highest BCUT2D eigenvalue weighted by Gasteiger charge is 2.28. The summed E-state index contributed by atoms with van der Waals surface area (Å²) in [5.41, 5.74) is 0. The Labute approximate surface area is 109 Å². The van der Waals surface area contributed by atoms with Crippen LogP contribution in [0.4, 0.5) is 0 Å². The Hall–Kier alpha value is -0.650. The molecule has 0 aromatic rings. The van der Waals surface area contributed by atoms with Crippen molar-refractivity contribution in [1.29, 1.82) is 0 Å². The average Bonchev–Trinajstić information content (AvgIpc) is 2.33. The van der Waals surface area contributed by atoms with Crippen molar-refractivity contribution < 1.29 is 9.53 Å². The van der Waals surface area contributed by atoms with Crippen LogP contribution in [-0.2, 0) is 9.53 Å². The molecule has 104 valence electrons. The van der Waals surface area contributed by atoms with Crippen LogP contribution in [0.3, 0.4) is 0 Å². The molecule has 0 radical (unpaired) electrons. The summed E-state index contributed by atoms with van der Waals surface area (Å²) in [5, 5.41) is 3.11. The van der Waals surface area contributed by atoms with Crippen LogP contribution in [0, 0.1) is 0 Å². The lowest BCUT2D eigenvalue weighted by Crippen LogP contribution is -2.54. The Morgan fingerprint density at radius 1 is 1.28 bits per heavy atom. The maximum Gasteiger partial charge on any atom is 0.236 e. The number of amides is 1. The van der Waals surface area contributed by atoms with Gasteiger partial charge in [-0.05, 0) is 12.8 Å². The van der Waals surface area contributed by atoms with Gasteiger partial charge in [0.05, 0.1) is 13.2 Å². The lowest BCUT2D eigenvalue weighted by atomic mass is 9.91. The number of nitrogens with one attached hydrogen (secondary N) is 1. The zero-order valence-corrected chi connectivity index (χ0v) is 11.4. The summed E-state index contributed by atoms with van der Waals surface area (Å²) in [6, 6.07) is 0.807. The lowest BCUT2D eigenvalue weighted by Gasteiger charge is -2.43. The molecular weight excluding hydrogens is 230 g/mol. The van der Waals surface area contributed by atoms with Crippen molar-refractivity contribution in [3.8, 4) is 0 Å². The van der Waals surface area contributed by atoms with Crippen LogP contribution in [0.1, 0.15) is 19.3 Å². The van der Waals surface area contributed by atoms with E-state index in [1.54, 1.807) is 7.11 Å². The Morgan fingerprint density at radius 2 is 2.00 bits per heavy atom.